The second-order valence-corrected chi connectivity index (χ2v) is 3.89. The summed E-state index contributed by atoms with van der Waals surface area (Å²) in [5.74, 6) is -1.17. The molecule has 0 aliphatic heterocycles. The van der Waals surface area contributed by atoms with E-state index in [1.165, 1.54) is 6.07 Å². The van der Waals surface area contributed by atoms with E-state index in [4.69, 9.17) is 10.00 Å². The van der Waals surface area contributed by atoms with Crippen LogP contribution in [0.3, 0.4) is 0 Å². The highest BCUT2D eigenvalue weighted by molar-refractivity contribution is 5.43. The van der Waals surface area contributed by atoms with E-state index in [1.807, 2.05) is 6.07 Å². The highest BCUT2D eigenvalue weighted by Crippen LogP contribution is 2.28. The third kappa shape index (κ3) is 2.70. The molecule has 0 aliphatic rings. The first-order valence-corrected chi connectivity index (χ1v) is 5.51. The summed E-state index contributed by atoms with van der Waals surface area (Å²) in [5, 5.41) is 19.4. The van der Waals surface area contributed by atoms with Gasteiger partial charge >= 0.3 is 0 Å². The molecule has 0 spiro atoms. The topological polar surface area (TPSA) is 89.0 Å². The third-order valence-electron chi connectivity index (χ3n) is 2.45. The molecular weight excluding hydrogens is 265 g/mol. The SMILES string of the molecule is Cc1ccc(C#N)c(Oc2ccc([N+](=O)[O-])cc2F)n1. The van der Waals surface area contributed by atoms with Gasteiger partial charge in [-0.25, -0.2) is 9.37 Å². The number of non-ortho nitro benzene ring substituents is 1. The van der Waals surface area contributed by atoms with Crippen molar-refractivity contribution in [3.63, 3.8) is 0 Å². The first kappa shape index (κ1) is 13.4. The third-order valence-corrected chi connectivity index (χ3v) is 2.45. The highest BCUT2D eigenvalue weighted by atomic mass is 19.1. The predicted molar refractivity (Wildman–Crippen MR) is 66.8 cm³/mol. The molecule has 7 heteroatoms. The zero-order valence-electron chi connectivity index (χ0n) is 10.3. The number of pyridine rings is 1. The van der Waals surface area contributed by atoms with Gasteiger partial charge in [-0.2, -0.15) is 5.26 Å². The molecule has 0 saturated heterocycles. The molecule has 0 unspecified atom stereocenters. The lowest BCUT2D eigenvalue weighted by Crippen LogP contribution is -1.96. The van der Waals surface area contributed by atoms with Crippen molar-refractivity contribution in [3.05, 3.63) is 57.5 Å². The van der Waals surface area contributed by atoms with E-state index >= 15 is 0 Å². The molecule has 0 saturated carbocycles. The number of nitriles is 1. The maximum Gasteiger partial charge on any atom is 0.272 e. The Bertz CT molecular complexity index is 725. The van der Waals surface area contributed by atoms with E-state index in [0.29, 0.717) is 5.69 Å². The second kappa shape index (κ2) is 5.32. The van der Waals surface area contributed by atoms with Crippen molar-refractivity contribution in [1.82, 2.24) is 4.98 Å². The second-order valence-electron chi connectivity index (χ2n) is 3.89. The molecule has 0 aliphatic carbocycles. The molecule has 1 heterocycles. The molecule has 0 N–H and O–H groups in total. The molecule has 0 atom stereocenters. The fourth-order valence-electron chi connectivity index (χ4n) is 1.49. The summed E-state index contributed by atoms with van der Waals surface area (Å²) in [7, 11) is 0. The van der Waals surface area contributed by atoms with Crippen LogP contribution in [0.15, 0.2) is 30.3 Å². The number of hydrogen-bond donors (Lipinski definition) is 0. The Hall–Kier alpha value is -3.01. The van der Waals surface area contributed by atoms with Crippen molar-refractivity contribution in [1.29, 1.82) is 5.26 Å². The summed E-state index contributed by atoms with van der Waals surface area (Å²) in [5.41, 5.74) is 0.363. The predicted octanol–water partition coefficient (Wildman–Crippen LogP) is 3.10. The fourth-order valence-corrected chi connectivity index (χ4v) is 1.49. The monoisotopic (exact) mass is 273 g/mol. The Morgan fingerprint density at radius 1 is 1.40 bits per heavy atom. The number of aromatic nitrogens is 1. The minimum Gasteiger partial charge on any atom is -0.435 e. The van der Waals surface area contributed by atoms with E-state index in [0.717, 1.165) is 18.2 Å². The molecule has 2 aromatic rings. The van der Waals surface area contributed by atoms with Crippen LogP contribution in [0.25, 0.3) is 0 Å². The van der Waals surface area contributed by atoms with Gasteiger partial charge in [-0.15, -0.1) is 0 Å². The number of aryl methyl sites for hydroxylation is 1. The van der Waals surface area contributed by atoms with Gasteiger partial charge in [0.2, 0.25) is 5.88 Å². The van der Waals surface area contributed by atoms with Crippen LogP contribution in [0, 0.1) is 34.2 Å². The van der Waals surface area contributed by atoms with Crippen LogP contribution in [-0.2, 0) is 0 Å². The van der Waals surface area contributed by atoms with Crippen LogP contribution in [-0.4, -0.2) is 9.91 Å². The zero-order chi connectivity index (χ0) is 14.7. The van der Waals surface area contributed by atoms with E-state index in [-0.39, 0.29) is 22.9 Å². The Kier molecular flexibility index (Phi) is 3.57. The molecule has 100 valence electrons. The van der Waals surface area contributed by atoms with E-state index in [9.17, 15) is 14.5 Å². The minimum absolute atomic E-state index is 0.0414. The summed E-state index contributed by atoms with van der Waals surface area (Å²) in [6, 6.07) is 7.98. The standard InChI is InChI=1S/C13H8FN3O3/c1-8-2-3-9(7-15)13(16-8)20-12-5-4-10(17(18)19)6-11(12)14/h2-6H,1H3. The highest BCUT2D eigenvalue weighted by Gasteiger charge is 2.14. The first-order chi connectivity index (χ1) is 9.51. The van der Waals surface area contributed by atoms with E-state index in [2.05, 4.69) is 4.98 Å². The van der Waals surface area contributed by atoms with Gasteiger partial charge in [0, 0.05) is 11.8 Å². The van der Waals surface area contributed by atoms with Gasteiger partial charge in [-0.05, 0) is 25.1 Å². The normalized spacial score (nSPS) is 9.85. The van der Waals surface area contributed by atoms with Gasteiger partial charge in [0.1, 0.15) is 11.6 Å². The summed E-state index contributed by atoms with van der Waals surface area (Å²) in [6.07, 6.45) is 0. The molecule has 0 fully saturated rings. The number of nitro benzene ring substituents is 1. The van der Waals surface area contributed by atoms with Gasteiger partial charge in [-0.1, -0.05) is 0 Å². The van der Waals surface area contributed by atoms with E-state index in [1.54, 1.807) is 13.0 Å². The summed E-state index contributed by atoms with van der Waals surface area (Å²) < 4.78 is 18.9. The summed E-state index contributed by atoms with van der Waals surface area (Å²) in [6.45, 7) is 1.69. The van der Waals surface area contributed by atoms with Crippen LogP contribution in [0.1, 0.15) is 11.3 Å². The quantitative estimate of drug-likeness (QED) is 0.633. The van der Waals surface area contributed by atoms with Crippen molar-refractivity contribution >= 4 is 5.69 Å². The van der Waals surface area contributed by atoms with Gasteiger partial charge in [-0.3, -0.25) is 10.1 Å². The van der Waals surface area contributed by atoms with Crippen molar-refractivity contribution in [2.45, 2.75) is 6.92 Å². The number of ether oxygens (including phenoxy) is 1. The maximum atomic E-state index is 13.7. The van der Waals surface area contributed by atoms with Crippen LogP contribution < -0.4 is 4.74 Å². The number of rotatable bonds is 3. The molecule has 20 heavy (non-hydrogen) atoms. The molecule has 1 aromatic heterocycles. The lowest BCUT2D eigenvalue weighted by Gasteiger charge is -2.07. The molecular formula is C13H8FN3O3. The van der Waals surface area contributed by atoms with Gasteiger partial charge < -0.3 is 4.74 Å². The maximum absolute atomic E-state index is 13.7. The molecule has 0 amide bonds. The zero-order valence-corrected chi connectivity index (χ0v) is 10.3. The van der Waals surface area contributed by atoms with Crippen molar-refractivity contribution in [2.24, 2.45) is 0 Å². The summed E-state index contributed by atoms with van der Waals surface area (Å²) in [4.78, 5) is 13.8. The average molecular weight is 273 g/mol. The number of halogens is 1. The largest absolute Gasteiger partial charge is 0.435 e. The molecule has 6 nitrogen and oxygen atoms in total. The fraction of sp³-hybridized carbons (Fsp3) is 0.0769. The Morgan fingerprint density at radius 3 is 2.75 bits per heavy atom. The van der Waals surface area contributed by atoms with Gasteiger partial charge in [0.15, 0.2) is 11.6 Å². The number of nitrogens with zero attached hydrogens (tertiary/aromatic N) is 3. The number of benzene rings is 1. The van der Waals surface area contributed by atoms with Crippen molar-refractivity contribution < 1.29 is 14.1 Å². The molecule has 0 radical (unpaired) electrons. The van der Waals surface area contributed by atoms with Gasteiger partial charge in [0.05, 0.1) is 11.0 Å². The van der Waals surface area contributed by atoms with Crippen LogP contribution in [0.5, 0.6) is 11.6 Å². The number of hydrogen-bond acceptors (Lipinski definition) is 5. The first-order valence-electron chi connectivity index (χ1n) is 5.51. The lowest BCUT2D eigenvalue weighted by atomic mass is 10.2. The molecule has 2 rings (SSSR count). The Morgan fingerprint density at radius 2 is 2.15 bits per heavy atom. The lowest BCUT2D eigenvalue weighted by molar-refractivity contribution is -0.385. The minimum atomic E-state index is -0.897. The van der Waals surface area contributed by atoms with Crippen molar-refractivity contribution in [2.75, 3.05) is 0 Å². The van der Waals surface area contributed by atoms with Crippen molar-refractivity contribution in [3.8, 4) is 17.7 Å². The number of nitro groups is 1. The van der Waals surface area contributed by atoms with Crippen LogP contribution >= 0.6 is 0 Å². The summed E-state index contributed by atoms with van der Waals surface area (Å²) >= 11 is 0. The molecule has 0 bridgehead atoms. The van der Waals surface area contributed by atoms with Gasteiger partial charge in [0.25, 0.3) is 5.69 Å². The Balaban J connectivity index is 2.38. The average Bonchev–Trinajstić information content (AvgIpc) is 2.41. The van der Waals surface area contributed by atoms with Crippen LogP contribution in [0.2, 0.25) is 0 Å². The Labute approximate surface area is 113 Å². The van der Waals surface area contributed by atoms with E-state index < -0.39 is 10.7 Å². The molecule has 1 aromatic carbocycles. The smallest absolute Gasteiger partial charge is 0.272 e. The van der Waals surface area contributed by atoms with Crippen LogP contribution in [0.4, 0.5) is 10.1 Å².